The number of nitrogens with one attached hydrogen (secondary N) is 1. The maximum atomic E-state index is 13.5. The van der Waals surface area contributed by atoms with Gasteiger partial charge in [-0.2, -0.15) is 11.3 Å². The van der Waals surface area contributed by atoms with Crippen molar-refractivity contribution in [3.8, 4) is 0 Å². The molecule has 3 aromatic carbocycles. The van der Waals surface area contributed by atoms with Crippen molar-refractivity contribution < 1.29 is 18.0 Å². The van der Waals surface area contributed by atoms with Crippen molar-refractivity contribution in [3.05, 3.63) is 101 Å². The van der Waals surface area contributed by atoms with E-state index in [1.54, 1.807) is 42.5 Å². The maximum Gasteiger partial charge on any atom is 0.264 e. The number of allylic oxidation sites excluding steroid dienone is 1. The minimum absolute atomic E-state index is 0.0371. The third-order valence-corrected chi connectivity index (χ3v) is 7.80. The largest absolute Gasteiger partial charge is 0.312 e. The number of benzene rings is 3. The van der Waals surface area contributed by atoms with E-state index in [1.807, 2.05) is 54.1 Å². The molecule has 0 bridgehead atoms. The Morgan fingerprint density at radius 1 is 0.972 bits per heavy atom. The average Bonchev–Trinajstić information content (AvgIpc) is 3.40. The molecule has 6 nitrogen and oxygen atoms in total. The van der Waals surface area contributed by atoms with Gasteiger partial charge in [-0.1, -0.05) is 60.7 Å². The van der Waals surface area contributed by atoms with Gasteiger partial charge in [-0.25, -0.2) is 13.1 Å². The summed E-state index contributed by atoms with van der Waals surface area (Å²) < 4.78 is 28.4. The first-order valence-electron chi connectivity index (χ1n) is 11.5. The molecule has 4 rings (SSSR count). The van der Waals surface area contributed by atoms with Crippen LogP contribution in [0.1, 0.15) is 18.9 Å². The fourth-order valence-corrected chi connectivity index (χ4v) is 5.57. The van der Waals surface area contributed by atoms with Crippen molar-refractivity contribution in [2.24, 2.45) is 5.92 Å². The molecular formula is C28H26N2O4S2. The SMILES string of the molecule is CCN(C(=O)C(CC=Cc1ccsc1)C(=O)NS(=O)(=O)c1ccc2ccccc2c1)c1ccccc1. The number of para-hydroxylation sites is 1. The highest BCUT2D eigenvalue weighted by atomic mass is 32.2. The zero-order valence-electron chi connectivity index (χ0n) is 19.7. The van der Waals surface area contributed by atoms with E-state index < -0.39 is 27.8 Å². The van der Waals surface area contributed by atoms with E-state index >= 15 is 0 Å². The molecule has 0 saturated carbocycles. The Labute approximate surface area is 214 Å². The first kappa shape index (κ1) is 25.3. The summed E-state index contributed by atoms with van der Waals surface area (Å²) >= 11 is 1.54. The number of thiophene rings is 1. The lowest BCUT2D eigenvalue weighted by Crippen LogP contribution is -2.45. The summed E-state index contributed by atoms with van der Waals surface area (Å²) in [5.41, 5.74) is 1.59. The second-order valence-corrected chi connectivity index (χ2v) is 10.6. The van der Waals surface area contributed by atoms with Crippen LogP contribution in [0.15, 0.2) is 101 Å². The second kappa shape index (κ2) is 11.3. The zero-order valence-corrected chi connectivity index (χ0v) is 21.3. The van der Waals surface area contributed by atoms with Gasteiger partial charge in [0.05, 0.1) is 4.90 Å². The Bertz CT molecular complexity index is 1480. The molecule has 0 aliphatic rings. The number of hydrogen-bond acceptors (Lipinski definition) is 5. The summed E-state index contributed by atoms with van der Waals surface area (Å²) in [6, 6.07) is 22.9. The quantitative estimate of drug-likeness (QED) is 0.298. The molecule has 36 heavy (non-hydrogen) atoms. The average molecular weight is 519 g/mol. The van der Waals surface area contributed by atoms with Crippen LogP contribution in [0.2, 0.25) is 0 Å². The fraction of sp³-hybridized carbons (Fsp3) is 0.143. The van der Waals surface area contributed by atoms with Crippen molar-refractivity contribution >= 4 is 55.7 Å². The first-order valence-corrected chi connectivity index (χ1v) is 13.9. The third-order valence-electron chi connectivity index (χ3n) is 5.76. The van der Waals surface area contributed by atoms with Gasteiger partial charge >= 0.3 is 0 Å². The third kappa shape index (κ3) is 5.90. The van der Waals surface area contributed by atoms with Gasteiger partial charge in [0, 0.05) is 12.2 Å². The predicted molar refractivity (Wildman–Crippen MR) is 145 cm³/mol. The number of carbonyl (C=O) groups is 2. The molecule has 0 radical (unpaired) electrons. The summed E-state index contributed by atoms with van der Waals surface area (Å²) in [5.74, 6) is -2.56. The molecule has 1 atom stereocenters. The minimum Gasteiger partial charge on any atom is -0.312 e. The van der Waals surface area contributed by atoms with E-state index in [0.29, 0.717) is 12.2 Å². The normalized spacial score (nSPS) is 12.5. The summed E-state index contributed by atoms with van der Waals surface area (Å²) in [5, 5.41) is 5.50. The highest BCUT2D eigenvalue weighted by Gasteiger charge is 2.33. The van der Waals surface area contributed by atoms with E-state index in [9.17, 15) is 18.0 Å². The topological polar surface area (TPSA) is 83.6 Å². The fourth-order valence-electron chi connectivity index (χ4n) is 3.89. The van der Waals surface area contributed by atoms with Gasteiger partial charge in [-0.3, -0.25) is 9.59 Å². The molecule has 0 spiro atoms. The molecule has 1 N–H and O–H groups in total. The van der Waals surface area contributed by atoms with Crippen LogP contribution >= 0.6 is 11.3 Å². The van der Waals surface area contributed by atoms with Crippen molar-refractivity contribution in [2.75, 3.05) is 11.4 Å². The van der Waals surface area contributed by atoms with Crippen LogP contribution in [0, 0.1) is 5.92 Å². The van der Waals surface area contributed by atoms with E-state index in [2.05, 4.69) is 4.72 Å². The van der Waals surface area contributed by atoms with Gasteiger partial charge in [0.2, 0.25) is 11.8 Å². The summed E-state index contributed by atoms with van der Waals surface area (Å²) in [4.78, 5) is 28.3. The number of rotatable bonds is 9. The molecule has 1 unspecified atom stereocenters. The van der Waals surface area contributed by atoms with Crippen LogP contribution in [-0.2, 0) is 19.6 Å². The molecule has 8 heteroatoms. The van der Waals surface area contributed by atoms with Crippen LogP contribution in [0.4, 0.5) is 5.69 Å². The van der Waals surface area contributed by atoms with E-state index in [1.165, 1.54) is 28.4 Å². The number of hydrogen-bond donors (Lipinski definition) is 1. The van der Waals surface area contributed by atoms with Gasteiger partial charge in [0.25, 0.3) is 10.0 Å². The summed E-state index contributed by atoms with van der Waals surface area (Å²) in [6.07, 6.45) is 3.60. The Hall–Kier alpha value is -3.75. The van der Waals surface area contributed by atoms with Crippen molar-refractivity contribution in [2.45, 2.75) is 18.2 Å². The molecule has 4 aromatic rings. The minimum atomic E-state index is -4.19. The Kier molecular flexibility index (Phi) is 7.97. The molecular weight excluding hydrogens is 492 g/mol. The van der Waals surface area contributed by atoms with Crippen LogP contribution in [-0.4, -0.2) is 26.8 Å². The number of anilines is 1. The van der Waals surface area contributed by atoms with E-state index in [-0.39, 0.29) is 11.3 Å². The van der Waals surface area contributed by atoms with E-state index in [0.717, 1.165) is 16.3 Å². The smallest absolute Gasteiger partial charge is 0.264 e. The second-order valence-electron chi connectivity index (χ2n) is 8.14. The number of nitrogens with zero attached hydrogens (tertiary/aromatic N) is 1. The maximum absolute atomic E-state index is 13.5. The van der Waals surface area contributed by atoms with Gasteiger partial charge in [0.15, 0.2) is 0 Å². The van der Waals surface area contributed by atoms with Crippen molar-refractivity contribution in [1.29, 1.82) is 0 Å². The highest BCUT2D eigenvalue weighted by molar-refractivity contribution is 7.90. The standard InChI is InChI=1S/C28H26N2O4S2/c1-2-30(24-12-4-3-5-13-24)28(32)26(14-8-9-21-17-18-35-20-21)27(31)29-36(33,34)25-16-15-22-10-6-7-11-23(22)19-25/h3-13,15-20,26H,2,14H2,1H3,(H,29,31). The number of carbonyl (C=O) groups excluding carboxylic acids is 2. The predicted octanol–water partition coefficient (Wildman–Crippen LogP) is 5.48. The van der Waals surface area contributed by atoms with Gasteiger partial charge < -0.3 is 4.90 Å². The monoisotopic (exact) mass is 518 g/mol. The molecule has 0 fully saturated rings. The molecule has 1 aromatic heterocycles. The number of sulfonamides is 1. The summed E-state index contributed by atoms with van der Waals surface area (Å²) in [6.45, 7) is 2.14. The lowest BCUT2D eigenvalue weighted by molar-refractivity contribution is -0.132. The molecule has 0 saturated heterocycles. The number of fused-ring (bicyclic) bond motifs is 1. The van der Waals surface area contributed by atoms with Crippen LogP contribution in [0.25, 0.3) is 16.8 Å². The number of amides is 2. The van der Waals surface area contributed by atoms with Gasteiger partial charge in [-0.15, -0.1) is 0 Å². The Morgan fingerprint density at radius 3 is 2.39 bits per heavy atom. The lowest BCUT2D eigenvalue weighted by atomic mass is 10.0. The molecule has 2 amide bonds. The lowest BCUT2D eigenvalue weighted by Gasteiger charge is -2.25. The van der Waals surface area contributed by atoms with Crippen LogP contribution < -0.4 is 9.62 Å². The molecule has 0 aliphatic heterocycles. The molecule has 1 heterocycles. The Morgan fingerprint density at radius 2 is 1.69 bits per heavy atom. The highest BCUT2D eigenvalue weighted by Crippen LogP contribution is 2.22. The van der Waals surface area contributed by atoms with Crippen molar-refractivity contribution in [3.63, 3.8) is 0 Å². The van der Waals surface area contributed by atoms with Crippen LogP contribution in [0.5, 0.6) is 0 Å². The van der Waals surface area contributed by atoms with Gasteiger partial charge in [0.1, 0.15) is 5.92 Å². The van der Waals surface area contributed by atoms with Gasteiger partial charge in [-0.05, 0) is 70.8 Å². The zero-order chi connectivity index (χ0) is 25.5. The molecule has 0 aliphatic carbocycles. The van der Waals surface area contributed by atoms with E-state index in [4.69, 9.17) is 0 Å². The summed E-state index contributed by atoms with van der Waals surface area (Å²) in [7, 11) is -4.19. The Balaban J connectivity index is 1.61. The van der Waals surface area contributed by atoms with Crippen molar-refractivity contribution in [1.82, 2.24) is 4.72 Å². The first-order chi connectivity index (χ1) is 17.4. The molecule has 184 valence electrons. The van der Waals surface area contributed by atoms with Crippen LogP contribution in [0.3, 0.4) is 0 Å².